The van der Waals surface area contributed by atoms with E-state index in [1.165, 1.54) is 68.1 Å². The molecule has 5 N–H and O–H groups in total. The summed E-state index contributed by atoms with van der Waals surface area (Å²) in [5.74, 6) is 1.68. The second-order valence-corrected chi connectivity index (χ2v) is 13.9. The highest BCUT2D eigenvalue weighted by Crippen LogP contribution is 2.19. The van der Waals surface area contributed by atoms with E-state index in [1.54, 1.807) is 0 Å². The Balaban J connectivity index is 1.20. The predicted octanol–water partition coefficient (Wildman–Crippen LogP) is 9.52. The van der Waals surface area contributed by atoms with Crippen molar-refractivity contribution in [1.29, 1.82) is 5.41 Å². The standard InChI is InChI=1S/C45H61N5O2/c1-4-6-26-49(32-37-14-12-16-39(30-37)34-51-43-22-18-41(19-23-43)36(3)46)28-10-8-9-11-29-50(27-7-5-2)33-38-15-13-17-40(31-38)35-52-44-24-20-42(21-25-44)45(47)48/h12-25,30-31H,3-11,26-29,32-35,46H2,1-2H3,(H3,47,48). The van der Waals surface area contributed by atoms with Crippen LogP contribution in [0.3, 0.4) is 0 Å². The molecule has 278 valence electrons. The second kappa shape index (κ2) is 22.4. The highest BCUT2D eigenvalue weighted by molar-refractivity contribution is 5.94. The molecule has 0 spiro atoms. The molecule has 0 amide bonds. The average molecular weight is 704 g/mol. The molecule has 4 aromatic rings. The molecule has 0 saturated heterocycles. The summed E-state index contributed by atoms with van der Waals surface area (Å²) in [6.07, 6.45) is 9.83. The Kier molecular flexibility index (Phi) is 17.3. The lowest BCUT2D eigenvalue weighted by atomic mass is 10.1. The first kappa shape index (κ1) is 40.2. The van der Waals surface area contributed by atoms with E-state index in [1.807, 2.05) is 48.5 Å². The topological polar surface area (TPSA) is 101 Å². The van der Waals surface area contributed by atoms with E-state index in [2.05, 4.69) is 78.8 Å². The molecule has 0 heterocycles. The zero-order valence-corrected chi connectivity index (χ0v) is 31.6. The number of ether oxygens (including phenoxy) is 2. The molecule has 0 aliphatic heterocycles. The Morgan fingerprint density at radius 2 is 0.962 bits per heavy atom. The number of nitrogen functional groups attached to an aromatic ring is 1. The fourth-order valence-electron chi connectivity index (χ4n) is 6.31. The Morgan fingerprint density at radius 3 is 1.37 bits per heavy atom. The number of amidine groups is 1. The minimum Gasteiger partial charge on any atom is -0.489 e. The lowest BCUT2D eigenvalue weighted by Gasteiger charge is -2.24. The number of hydrogen-bond donors (Lipinski definition) is 3. The average Bonchev–Trinajstić information content (AvgIpc) is 3.16. The normalized spacial score (nSPS) is 11.2. The van der Waals surface area contributed by atoms with Crippen LogP contribution < -0.4 is 20.9 Å². The summed E-state index contributed by atoms with van der Waals surface area (Å²) in [5.41, 5.74) is 18.6. The number of nitrogens with two attached hydrogens (primary N) is 2. The van der Waals surface area contributed by atoms with Gasteiger partial charge in [0.2, 0.25) is 0 Å². The van der Waals surface area contributed by atoms with Crippen LogP contribution in [0.2, 0.25) is 0 Å². The zero-order chi connectivity index (χ0) is 37.0. The van der Waals surface area contributed by atoms with Crippen LogP contribution in [0.15, 0.2) is 104 Å². The summed E-state index contributed by atoms with van der Waals surface area (Å²) in [5, 5.41) is 7.57. The van der Waals surface area contributed by atoms with E-state index in [0.29, 0.717) is 24.5 Å². The third-order valence-corrected chi connectivity index (χ3v) is 9.35. The van der Waals surface area contributed by atoms with Crippen LogP contribution in [0.4, 0.5) is 0 Å². The Labute approximate surface area is 313 Å². The summed E-state index contributed by atoms with van der Waals surface area (Å²) in [7, 11) is 0. The van der Waals surface area contributed by atoms with Gasteiger partial charge >= 0.3 is 0 Å². The van der Waals surface area contributed by atoms with Gasteiger partial charge in [-0.3, -0.25) is 15.2 Å². The van der Waals surface area contributed by atoms with E-state index in [9.17, 15) is 0 Å². The van der Waals surface area contributed by atoms with Crippen LogP contribution in [0.25, 0.3) is 5.70 Å². The van der Waals surface area contributed by atoms with Crippen molar-refractivity contribution in [2.75, 3.05) is 26.2 Å². The van der Waals surface area contributed by atoms with Crippen LogP contribution in [0.5, 0.6) is 11.5 Å². The van der Waals surface area contributed by atoms with Gasteiger partial charge in [0.25, 0.3) is 0 Å². The van der Waals surface area contributed by atoms with Crippen LogP contribution in [-0.2, 0) is 26.3 Å². The van der Waals surface area contributed by atoms with Crippen LogP contribution >= 0.6 is 0 Å². The quantitative estimate of drug-likeness (QED) is 0.0361. The molecule has 0 saturated carbocycles. The zero-order valence-electron chi connectivity index (χ0n) is 31.6. The van der Waals surface area contributed by atoms with Gasteiger partial charge in [0, 0.05) is 24.4 Å². The maximum Gasteiger partial charge on any atom is 0.122 e. The van der Waals surface area contributed by atoms with Gasteiger partial charge in [-0.1, -0.05) is 94.6 Å². The minimum atomic E-state index is 0.0663. The number of benzene rings is 4. The number of nitrogens with one attached hydrogen (secondary N) is 1. The van der Waals surface area contributed by atoms with Gasteiger partial charge in [-0.05, 0) is 128 Å². The van der Waals surface area contributed by atoms with Crippen molar-refractivity contribution >= 4 is 11.5 Å². The summed E-state index contributed by atoms with van der Waals surface area (Å²) >= 11 is 0. The predicted molar refractivity (Wildman–Crippen MR) is 218 cm³/mol. The number of unbranched alkanes of at least 4 members (excludes halogenated alkanes) is 5. The molecule has 0 aromatic heterocycles. The first-order valence-corrected chi connectivity index (χ1v) is 19.2. The second-order valence-electron chi connectivity index (χ2n) is 13.9. The maximum atomic E-state index is 7.57. The smallest absolute Gasteiger partial charge is 0.122 e. The largest absolute Gasteiger partial charge is 0.489 e. The monoisotopic (exact) mass is 703 g/mol. The fourth-order valence-corrected chi connectivity index (χ4v) is 6.31. The Hall–Kier alpha value is -4.59. The van der Waals surface area contributed by atoms with E-state index < -0.39 is 0 Å². The number of nitrogens with zero attached hydrogens (tertiary/aromatic N) is 2. The third-order valence-electron chi connectivity index (χ3n) is 9.35. The molecule has 4 rings (SSSR count). The molecule has 0 unspecified atom stereocenters. The lowest BCUT2D eigenvalue weighted by Crippen LogP contribution is -2.26. The van der Waals surface area contributed by atoms with Crippen molar-refractivity contribution in [1.82, 2.24) is 9.80 Å². The molecule has 0 radical (unpaired) electrons. The molecule has 7 nitrogen and oxygen atoms in total. The molecular formula is C45H61N5O2. The third kappa shape index (κ3) is 14.6. The van der Waals surface area contributed by atoms with Crippen molar-refractivity contribution in [3.05, 3.63) is 137 Å². The van der Waals surface area contributed by atoms with E-state index in [-0.39, 0.29) is 5.84 Å². The number of hydrogen-bond acceptors (Lipinski definition) is 6. The van der Waals surface area contributed by atoms with Crippen LogP contribution in [0, 0.1) is 5.41 Å². The lowest BCUT2D eigenvalue weighted by molar-refractivity contribution is 0.244. The first-order chi connectivity index (χ1) is 25.3. The van der Waals surface area contributed by atoms with Crippen LogP contribution in [0.1, 0.15) is 98.6 Å². The van der Waals surface area contributed by atoms with E-state index in [0.717, 1.165) is 61.9 Å². The first-order valence-electron chi connectivity index (χ1n) is 19.2. The van der Waals surface area contributed by atoms with E-state index in [4.69, 9.17) is 26.4 Å². The van der Waals surface area contributed by atoms with Gasteiger partial charge in [-0.25, -0.2) is 0 Å². The van der Waals surface area contributed by atoms with Gasteiger partial charge in [-0.2, -0.15) is 0 Å². The van der Waals surface area contributed by atoms with Gasteiger partial charge < -0.3 is 20.9 Å². The molecule has 0 bridgehead atoms. The molecule has 0 atom stereocenters. The Morgan fingerprint density at radius 1 is 0.558 bits per heavy atom. The molecule has 0 fully saturated rings. The molecule has 7 heteroatoms. The highest BCUT2D eigenvalue weighted by atomic mass is 16.5. The number of rotatable bonds is 25. The van der Waals surface area contributed by atoms with Gasteiger partial charge in [0.1, 0.15) is 30.5 Å². The van der Waals surface area contributed by atoms with Crippen molar-refractivity contribution in [2.24, 2.45) is 11.5 Å². The Bertz CT molecular complexity index is 1510. The summed E-state index contributed by atoms with van der Waals surface area (Å²) in [4.78, 5) is 5.26. The molecular weight excluding hydrogens is 643 g/mol. The SMILES string of the molecule is C=C(N)c1ccc(OCc2cccc(CN(CCCC)CCCCCCN(CCCC)Cc3cccc(COc4ccc(C(=N)N)cc4)c3)c2)cc1. The van der Waals surface area contributed by atoms with Crippen molar-refractivity contribution in [2.45, 2.75) is 91.5 Å². The molecule has 0 aliphatic rings. The highest BCUT2D eigenvalue weighted by Gasteiger charge is 2.10. The maximum absolute atomic E-state index is 7.57. The minimum absolute atomic E-state index is 0.0663. The van der Waals surface area contributed by atoms with Gasteiger partial charge in [0.05, 0.1) is 0 Å². The van der Waals surface area contributed by atoms with E-state index >= 15 is 0 Å². The summed E-state index contributed by atoms with van der Waals surface area (Å²) < 4.78 is 12.1. The van der Waals surface area contributed by atoms with Crippen molar-refractivity contribution < 1.29 is 9.47 Å². The summed E-state index contributed by atoms with van der Waals surface area (Å²) in [6.45, 7) is 15.9. The van der Waals surface area contributed by atoms with Crippen molar-refractivity contribution in [3.8, 4) is 11.5 Å². The summed E-state index contributed by atoms with van der Waals surface area (Å²) in [6, 6.07) is 32.8. The van der Waals surface area contributed by atoms with Gasteiger partial charge in [-0.15, -0.1) is 0 Å². The van der Waals surface area contributed by atoms with Crippen LogP contribution in [-0.4, -0.2) is 41.8 Å². The van der Waals surface area contributed by atoms with Gasteiger partial charge in [0.15, 0.2) is 0 Å². The molecule has 52 heavy (non-hydrogen) atoms. The fraction of sp³-hybridized carbons (Fsp3) is 0.400. The molecule has 4 aromatic carbocycles. The molecule has 0 aliphatic carbocycles. The van der Waals surface area contributed by atoms with Crippen molar-refractivity contribution in [3.63, 3.8) is 0 Å².